The van der Waals surface area contributed by atoms with E-state index in [0.29, 0.717) is 5.75 Å². The standard InChI is InChI=1S/C18H20FNOS/c1-2-3-4-14-5-9-16(10-6-14)20-18(21)13-22-17-11-7-15(19)8-12-17/h5-12H,2-4,13H2,1H3,(H,20,21). The highest BCUT2D eigenvalue weighted by Crippen LogP contribution is 2.19. The van der Waals surface area contributed by atoms with E-state index in [4.69, 9.17) is 0 Å². The summed E-state index contributed by atoms with van der Waals surface area (Å²) < 4.78 is 12.8. The minimum absolute atomic E-state index is 0.0596. The summed E-state index contributed by atoms with van der Waals surface area (Å²) >= 11 is 1.39. The van der Waals surface area contributed by atoms with Crippen molar-refractivity contribution < 1.29 is 9.18 Å². The van der Waals surface area contributed by atoms with Gasteiger partial charge >= 0.3 is 0 Å². The molecule has 0 aliphatic heterocycles. The van der Waals surface area contributed by atoms with E-state index in [-0.39, 0.29) is 11.7 Å². The first-order chi connectivity index (χ1) is 10.7. The van der Waals surface area contributed by atoms with Crippen LogP contribution in [0.5, 0.6) is 0 Å². The van der Waals surface area contributed by atoms with Crippen molar-refractivity contribution in [3.63, 3.8) is 0 Å². The maximum absolute atomic E-state index is 12.8. The average Bonchev–Trinajstić information content (AvgIpc) is 2.54. The third-order valence-corrected chi connectivity index (χ3v) is 4.25. The lowest BCUT2D eigenvalue weighted by molar-refractivity contribution is -0.113. The van der Waals surface area contributed by atoms with E-state index >= 15 is 0 Å². The van der Waals surface area contributed by atoms with Gasteiger partial charge in [0.25, 0.3) is 0 Å². The van der Waals surface area contributed by atoms with Gasteiger partial charge in [0, 0.05) is 10.6 Å². The van der Waals surface area contributed by atoms with E-state index in [1.807, 2.05) is 12.1 Å². The Morgan fingerprint density at radius 1 is 1.09 bits per heavy atom. The molecule has 0 atom stereocenters. The Balaban J connectivity index is 1.80. The summed E-state index contributed by atoms with van der Waals surface area (Å²) in [4.78, 5) is 12.8. The highest BCUT2D eigenvalue weighted by molar-refractivity contribution is 8.00. The Hall–Kier alpha value is -1.81. The summed E-state index contributed by atoms with van der Waals surface area (Å²) in [7, 11) is 0. The molecule has 0 saturated carbocycles. The van der Waals surface area contributed by atoms with Crippen LogP contribution in [0.15, 0.2) is 53.4 Å². The van der Waals surface area contributed by atoms with Crippen molar-refractivity contribution in [1.82, 2.24) is 0 Å². The number of amides is 1. The smallest absolute Gasteiger partial charge is 0.234 e. The highest BCUT2D eigenvalue weighted by Gasteiger charge is 2.04. The molecule has 0 fully saturated rings. The first-order valence-corrected chi connectivity index (χ1v) is 8.43. The predicted molar refractivity (Wildman–Crippen MR) is 90.8 cm³/mol. The maximum atomic E-state index is 12.8. The molecule has 2 aromatic rings. The average molecular weight is 317 g/mol. The van der Waals surface area contributed by atoms with Crippen LogP contribution in [0.4, 0.5) is 10.1 Å². The summed E-state index contributed by atoms with van der Waals surface area (Å²) in [6, 6.07) is 14.1. The van der Waals surface area contributed by atoms with Crippen LogP contribution in [0, 0.1) is 5.82 Å². The Morgan fingerprint density at radius 2 is 1.77 bits per heavy atom. The number of benzene rings is 2. The van der Waals surface area contributed by atoms with Crippen LogP contribution >= 0.6 is 11.8 Å². The third-order valence-electron chi connectivity index (χ3n) is 3.24. The fourth-order valence-electron chi connectivity index (χ4n) is 2.01. The maximum Gasteiger partial charge on any atom is 0.234 e. The normalized spacial score (nSPS) is 10.5. The van der Waals surface area contributed by atoms with Gasteiger partial charge < -0.3 is 5.32 Å². The van der Waals surface area contributed by atoms with Crippen molar-refractivity contribution in [2.24, 2.45) is 0 Å². The van der Waals surface area contributed by atoms with Crippen LogP contribution in [0.3, 0.4) is 0 Å². The van der Waals surface area contributed by atoms with Crippen LogP contribution < -0.4 is 5.32 Å². The van der Waals surface area contributed by atoms with Crippen molar-refractivity contribution in [2.75, 3.05) is 11.1 Å². The van der Waals surface area contributed by atoms with Crippen molar-refractivity contribution in [3.05, 3.63) is 59.9 Å². The van der Waals surface area contributed by atoms with Crippen molar-refractivity contribution >= 4 is 23.4 Å². The lowest BCUT2D eigenvalue weighted by atomic mass is 10.1. The quantitative estimate of drug-likeness (QED) is 0.736. The fourth-order valence-corrected chi connectivity index (χ4v) is 2.71. The van der Waals surface area contributed by atoms with E-state index < -0.39 is 0 Å². The summed E-state index contributed by atoms with van der Waals surface area (Å²) in [5.41, 5.74) is 2.10. The van der Waals surface area contributed by atoms with Crippen molar-refractivity contribution in [3.8, 4) is 0 Å². The van der Waals surface area contributed by atoms with Crippen LogP contribution in [0.2, 0.25) is 0 Å². The van der Waals surface area contributed by atoms with Crippen LogP contribution in [0.25, 0.3) is 0 Å². The largest absolute Gasteiger partial charge is 0.325 e. The zero-order valence-corrected chi connectivity index (χ0v) is 13.5. The molecule has 0 aliphatic rings. The Morgan fingerprint density at radius 3 is 2.41 bits per heavy atom. The van der Waals surface area contributed by atoms with Gasteiger partial charge in [0.1, 0.15) is 5.82 Å². The zero-order valence-electron chi connectivity index (χ0n) is 12.6. The van der Waals surface area contributed by atoms with E-state index in [9.17, 15) is 9.18 Å². The van der Waals surface area contributed by atoms with Crippen LogP contribution in [-0.4, -0.2) is 11.7 Å². The number of unbranched alkanes of at least 4 members (excludes halogenated alkanes) is 1. The predicted octanol–water partition coefficient (Wildman–Crippen LogP) is 4.90. The molecular weight excluding hydrogens is 297 g/mol. The van der Waals surface area contributed by atoms with Gasteiger partial charge in [-0.15, -0.1) is 11.8 Å². The molecule has 1 N–H and O–H groups in total. The van der Waals surface area contributed by atoms with Gasteiger partial charge in [0.15, 0.2) is 0 Å². The van der Waals surface area contributed by atoms with Crippen LogP contribution in [0.1, 0.15) is 25.3 Å². The third kappa shape index (κ3) is 5.53. The summed E-state index contributed by atoms with van der Waals surface area (Å²) in [5, 5.41) is 2.87. The molecule has 116 valence electrons. The van der Waals surface area contributed by atoms with Crippen molar-refractivity contribution in [2.45, 2.75) is 31.1 Å². The molecule has 0 aliphatic carbocycles. The number of aryl methyl sites for hydroxylation is 1. The minimum atomic E-state index is -0.267. The SMILES string of the molecule is CCCCc1ccc(NC(=O)CSc2ccc(F)cc2)cc1. The molecule has 22 heavy (non-hydrogen) atoms. The Labute approximate surface area is 135 Å². The van der Waals surface area contributed by atoms with Gasteiger partial charge in [-0.3, -0.25) is 4.79 Å². The Bertz CT molecular complexity index is 595. The molecule has 1 amide bonds. The second kappa shape index (κ2) is 8.59. The molecule has 0 radical (unpaired) electrons. The number of carbonyl (C=O) groups excluding carboxylic acids is 1. The number of hydrogen-bond acceptors (Lipinski definition) is 2. The van der Waals surface area contributed by atoms with Gasteiger partial charge in [0.05, 0.1) is 5.75 Å². The second-order valence-corrected chi connectivity index (χ2v) is 6.14. The molecule has 0 aromatic heterocycles. The lowest BCUT2D eigenvalue weighted by Gasteiger charge is -2.06. The number of rotatable bonds is 7. The topological polar surface area (TPSA) is 29.1 Å². The number of carbonyl (C=O) groups is 1. The summed E-state index contributed by atoms with van der Waals surface area (Å²) in [5.74, 6) is -0.0176. The molecular formula is C18H20FNOS. The molecule has 0 saturated heterocycles. The summed E-state index contributed by atoms with van der Waals surface area (Å²) in [6.45, 7) is 2.17. The van der Waals surface area contributed by atoms with Gasteiger partial charge in [-0.25, -0.2) is 4.39 Å². The number of halogens is 1. The second-order valence-electron chi connectivity index (χ2n) is 5.09. The summed E-state index contributed by atoms with van der Waals surface area (Å²) in [6.07, 6.45) is 3.43. The van der Waals surface area contributed by atoms with Gasteiger partial charge in [-0.2, -0.15) is 0 Å². The molecule has 0 unspecified atom stereocenters. The Kier molecular flexibility index (Phi) is 6.46. The molecule has 0 spiro atoms. The molecule has 0 bridgehead atoms. The number of nitrogens with one attached hydrogen (secondary N) is 1. The van der Waals surface area contributed by atoms with E-state index in [1.54, 1.807) is 12.1 Å². The molecule has 2 rings (SSSR count). The molecule has 2 nitrogen and oxygen atoms in total. The molecule has 2 aromatic carbocycles. The zero-order chi connectivity index (χ0) is 15.8. The monoisotopic (exact) mass is 317 g/mol. The van der Waals surface area contributed by atoms with Crippen molar-refractivity contribution in [1.29, 1.82) is 0 Å². The van der Waals surface area contributed by atoms with Gasteiger partial charge in [0.2, 0.25) is 5.91 Å². The first-order valence-electron chi connectivity index (χ1n) is 7.44. The van der Waals surface area contributed by atoms with E-state index in [2.05, 4.69) is 24.4 Å². The van der Waals surface area contributed by atoms with Gasteiger partial charge in [-0.05, 0) is 54.8 Å². The van der Waals surface area contributed by atoms with E-state index in [0.717, 1.165) is 17.0 Å². The first kappa shape index (κ1) is 16.6. The highest BCUT2D eigenvalue weighted by atomic mass is 32.2. The molecule has 0 heterocycles. The number of hydrogen-bond donors (Lipinski definition) is 1. The number of anilines is 1. The van der Waals surface area contributed by atoms with E-state index in [1.165, 1.54) is 42.3 Å². The fraction of sp³-hybridized carbons (Fsp3) is 0.278. The number of thioether (sulfide) groups is 1. The lowest BCUT2D eigenvalue weighted by Crippen LogP contribution is -2.13. The van der Waals surface area contributed by atoms with Crippen LogP contribution in [-0.2, 0) is 11.2 Å². The van der Waals surface area contributed by atoms with Gasteiger partial charge in [-0.1, -0.05) is 25.5 Å². The minimum Gasteiger partial charge on any atom is -0.325 e. The molecule has 4 heteroatoms.